The number of nitrogens with zero attached hydrogens (tertiary/aromatic N) is 3. The van der Waals surface area contributed by atoms with E-state index in [4.69, 9.17) is 0 Å². The van der Waals surface area contributed by atoms with Gasteiger partial charge in [0.05, 0.1) is 0 Å². The number of hydrogen-bond donors (Lipinski definition) is 1. The summed E-state index contributed by atoms with van der Waals surface area (Å²) in [7, 11) is 2.14. The molecule has 0 radical (unpaired) electrons. The van der Waals surface area contributed by atoms with Gasteiger partial charge in [0.2, 0.25) is 0 Å². The lowest BCUT2D eigenvalue weighted by atomic mass is 10.4. The topological polar surface area (TPSA) is 41.1 Å². The Morgan fingerprint density at radius 2 is 2.29 bits per heavy atom. The molecule has 0 atom stereocenters. The van der Waals surface area contributed by atoms with Crippen LogP contribution in [-0.4, -0.2) is 28.5 Å². The highest BCUT2D eigenvalue weighted by Gasteiger charge is 2.05. The second kappa shape index (κ2) is 6.09. The third kappa shape index (κ3) is 3.76. The molecule has 1 N–H and O–H groups in total. The second-order valence-corrected chi connectivity index (χ2v) is 5.84. The molecule has 94 valence electrons. The Hall–Kier alpha value is -0.980. The van der Waals surface area contributed by atoms with Gasteiger partial charge in [0.25, 0.3) is 0 Å². The average Bonchev–Trinajstić information content (AvgIpc) is 2.91. The third-order valence-electron chi connectivity index (χ3n) is 2.23. The highest BCUT2D eigenvalue weighted by molar-refractivity contribution is 7.17. The number of rotatable bonds is 6. The second-order valence-electron chi connectivity index (χ2n) is 3.83. The molecule has 0 bridgehead atoms. The van der Waals surface area contributed by atoms with E-state index < -0.39 is 0 Å². The number of thiazole rings is 2. The lowest BCUT2D eigenvalue weighted by Crippen LogP contribution is -2.17. The van der Waals surface area contributed by atoms with Crippen LogP contribution in [0.25, 0.3) is 0 Å². The molecule has 2 aromatic rings. The monoisotopic (exact) mass is 270 g/mol. The quantitative estimate of drug-likeness (QED) is 0.873. The molecular weight excluding hydrogens is 252 g/mol. The minimum Gasteiger partial charge on any atom is -0.307 e. The van der Waals surface area contributed by atoms with Crippen LogP contribution in [0.5, 0.6) is 0 Å². The molecule has 2 aromatic heterocycles. The Morgan fingerprint density at radius 3 is 3.00 bits per heavy atom. The summed E-state index contributed by atoms with van der Waals surface area (Å²) in [5.74, 6) is 0. The number of nitrogens with one attached hydrogen (secondary N) is 1. The van der Waals surface area contributed by atoms with Crippen LogP contribution in [0.1, 0.15) is 19.6 Å². The fourth-order valence-corrected chi connectivity index (χ4v) is 3.03. The summed E-state index contributed by atoms with van der Waals surface area (Å²) in [6, 6.07) is 0. The van der Waals surface area contributed by atoms with E-state index in [0.717, 1.165) is 23.4 Å². The Bertz CT molecular complexity index is 444. The minimum atomic E-state index is 0. The van der Waals surface area contributed by atoms with Crippen LogP contribution < -0.4 is 5.32 Å². The molecule has 0 aliphatic rings. The molecule has 0 aliphatic heterocycles. The van der Waals surface area contributed by atoms with Gasteiger partial charge in [0.15, 0.2) is 10.3 Å². The predicted octanol–water partition coefficient (Wildman–Crippen LogP) is 3.43. The summed E-state index contributed by atoms with van der Waals surface area (Å²) in [5, 5.41) is 6.97. The van der Waals surface area contributed by atoms with Crippen LogP contribution in [0.15, 0.2) is 17.8 Å². The summed E-state index contributed by atoms with van der Waals surface area (Å²) >= 11 is 3.27. The first-order valence-corrected chi connectivity index (χ1v) is 7.27. The van der Waals surface area contributed by atoms with Crippen LogP contribution in [-0.2, 0) is 6.54 Å². The van der Waals surface area contributed by atoms with Crippen molar-refractivity contribution in [2.75, 3.05) is 18.9 Å². The zero-order valence-electron chi connectivity index (χ0n) is 10.0. The van der Waals surface area contributed by atoms with Gasteiger partial charge >= 0.3 is 0 Å². The van der Waals surface area contributed by atoms with Gasteiger partial charge in [-0.25, -0.2) is 9.97 Å². The highest BCUT2D eigenvalue weighted by atomic mass is 32.1. The molecule has 0 spiro atoms. The molecule has 0 aliphatic carbocycles. The Balaban J connectivity index is 0.00000162. The average molecular weight is 270 g/mol. The van der Waals surface area contributed by atoms with E-state index in [0.29, 0.717) is 0 Å². The van der Waals surface area contributed by atoms with Crippen LogP contribution in [0.4, 0.5) is 10.3 Å². The smallest absolute Gasteiger partial charge is 0.189 e. The van der Waals surface area contributed by atoms with E-state index in [1.807, 2.05) is 11.6 Å². The van der Waals surface area contributed by atoms with E-state index >= 15 is 0 Å². The van der Waals surface area contributed by atoms with Gasteiger partial charge in [0.1, 0.15) is 0 Å². The molecule has 0 amide bonds. The van der Waals surface area contributed by atoms with Crippen molar-refractivity contribution < 1.29 is 1.43 Å². The summed E-state index contributed by atoms with van der Waals surface area (Å²) in [4.78, 5) is 12.1. The predicted molar refractivity (Wildman–Crippen MR) is 76.2 cm³/mol. The number of aromatic nitrogens is 2. The van der Waals surface area contributed by atoms with Gasteiger partial charge in [-0.1, -0.05) is 6.92 Å². The summed E-state index contributed by atoms with van der Waals surface area (Å²) in [6.45, 7) is 4.27. The van der Waals surface area contributed by atoms with E-state index in [9.17, 15) is 0 Å². The van der Waals surface area contributed by atoms with Crippen molar-refractivity contribution in [1.29, 1.82) is 0 Å². The normalized spacial score (nSPS) is 11.0. The molecule has 0 fully saturated rings. The summed E-state index contributed by atoms with van der Waals surface area (Å²) in [5.41, 5.74) is 0. The molecule has 0 saturated heterocycles. The fraction of sp³-hybridized carbons (Fsp3) is 0.455. The molecule has 0 unspecified atom stereocenters. The zero-order valence-corrected chi connectivity index (χ0v) is 11.6. The van der Waals surface area contributed by atoms with Crippen molar-refractivity contribution in [3.63, 3.8) is 0 Å². The van der Waals surface area contributed by atoms with Crippen molar-refractivity contribution in [3.05, 3.63) is 22.7 Å². The van der Waals surface area contributed by atoms with Crippen LogP contribution >= 0.6 is 22.7 Å². The molecule has 17 heavy (non-hydrogen) atoms. The van der Waals surface area contributed by atoms with Crippen LogP contribution in [0, 0.1) is 0 Å². The van der Waals surface area contributed by atoms with E-state index in [1.165, 1.54) is 11.3 Å². The SMILES string of the molecule is CCCN(C)Cc1cnc(Nc2nccs2)s1.[HH]. The molecule has 2 heterocycles. The van der Waals surface area contributed by atoms with Crippen molar-refractivity contribution in [1.82, 2.24) is 14.9 Å². The van der Waals surface area contributed by atoms with Crippen molar-refractivity contribution in [3.8, 4) is 0 Å². The molecule has 6 heteroatoms. The maximum Gasteiger partial charge on any atom is 0.189 e. The van der Waals surface area contributed by atoms with Crippen LogP contribution in [0.2, 0.25) is 0 Å². The zero-order chi connectivity index (χ0) is 12.1. The highest BCUT2D eigenvalue weighted by Crippen LogP contribution is 2.24. The lowest BCUT2D eigenvalue weighted by Gasteiger charge is -2.13. The molecule has 0 aromatic carbocycles. The van der Waals surface area contributed by atoms with E-state index in [2.05, 4.69) is 34.2 Å². The standard InChI is InChI=1S/C11H16N4S2.H2/c1-3-5-15(2)8-9-7-13-11(17-9)14-10-12-4-6-16-10;/h4,6-7H,3,5,8H2,1-2H3,(H,12,13,14);1H. The molecule has 4 nitrogen and oxygen atoms in total. The van der Waals surface area contributed by atoms with Gasteiger partial charge < -0.3 is 10.2 Å². The Morgan fingerprint density at radius 1 is 1.41 bits per heavy atom. The van der Waals surface area contributed by atoms with Crippen molar-refractivity contribution in [2.45, 2.75) is 19.9 Å². The van der Waals surface area contributed by atoms with Crippen LogP contribution in [0.3, 0.4) is 0 Å². The maximum atomic E-state index is 4.35. The fourth-order valence-electron chi connectivity index (χ4n) is 1.54. The third-order valence-corrected chi connectivity index (χ3v) is 3.82. The number of hydrogen-bond acceptors (Lipinski definition) is 6. The first-order valence-electron chi connectivity index (χ1n) is 5.57. The minimum absolute atomic E-state index is 0. The Kier molecular flexibility index (Phi) is 4.47. The van der Waals surface area contributed by atoms with Gasteiger partial charge in [-0.3, -0.25) is 0 Å². The van der Waals surface area contributed by atoms with E-state index in [1.54, 1.807) is 28.9 Å². The van der Waals surface area contributed by atoms with Gasteiger partial charge in [-0.05, 0) is 20.0 Å². The van der Waals surface area contributed by atoms with Crippen molar-refractivity contribution in [2.24, 2.45) is 0 Å². The molecule has 2 rings (SSSR count). The molecule has 0 saturated carbocycles. The number of anilines is 2. The lowest BCUT2D eigenvalue weighted by molar-refractivity contribution is 0.330. The van der Waals surface area contributed by atoms with Gasteiger partial charge in [-0.15, -0.1) is 22.7 Å². The van der Waals surface area contributed by atoms with Gasteiger partial charge in [-0.2, -0.15) is 0 Å². The van der Waals surface area contributed by atoms with Gasteiger partial charge in [0, 0.05) is 30.6 Å². The van der Waals surface area contributed by atoms with E-state index in [-0.39, 0.29) is 1.43 Å². The summed E-state index contributed by atoms with van der Waals surface area (Å²) < 4.78 is 0. The van der Waals surface area contributed by atoms with Crippen molar-refractivity contribution >= 4 is 32.9 Å². The first-order chi connectivity index (χ1) is 8.28. The largest absolute Gasteiger partial charge is 0.307 e. The first kappa shape index (κ1) is 12.5. The summed E-state index contributed by atoms with van der Waals surface area (Å²) in [6.07, 6.45) is 4.91. The molecular formula is C11H18N4S2. The maximum absolute atomic E-state index is 4.35. The Labute approximate surface area is 111 Å².